The average Bonchev–Trinajstić information content (AvgIpc) is 2.26. The molecule has 0 unspecified atom stereocenters. The summed E-state index contributed by atoms with van der Waals surface area (Å²) in [5.41, 5.74) is -1.24. The number of amides is 1. The Bertz CT molecular complexity index is 545. The van der Waals surface area contributed by atoms with Crippen LogP contribution in [-0.4, -0.2) is 39.5 Å². The minimum atomic E-state index is -1.38. The van der Waals surface area contributed by atoms with Crippen LogP contribution in [0.15, 0.2) is 17.1 Å². The molecule has 0 radical (unpaired) electrons. The first-order valence-corrected chi connectivity index (χ1v) is 5.39. The molecule has 6 heteroatoms. The van der Waals surface area contributed by atoms with Gasteiger partial charge in [-0.15, -0.1) is 0 Å². The second-order valence-electron chi connectivity index (χ2n) is 4.62. The molecule has 0 atom stereocenters. The Morgan fingerprint density at radius 1 is 1.39 bits per heavy atom. The summed E-state index contributed by atoms with van der Waals surface area (Å²) in [5, 5.41) is 9.04. The van der Waals surface area contributed by atoms with E-state index in [0.717, 1.165) is 4.90 Å². The Balaban J connectivity index is 3.16. The van der Waals surface area contributed by atoms with Gasteiger partial charge in [0, 0.05) is 25.0 Å². The summed E-state index contributed by atoms with van der Waals surface area (Å²) in [6.45, 7) is 4.49. The Kier molecular flexibility index (Phi) is 3.59. The second-order valence-corrected chi connectivity index (χ2v) is 4.62. The van der Waals surface area contributed by atoms with Crippen LogP contribution >= 0.6 is 0 Å². The van der Waals surface area contributed by atoms with E-state index in [9.17, 15) is 14.4 Å². The van der Waals surface area contributed by atoms with Gasteiger partial charge in [-0.25, -0.2) is 4.79 Å². The normalized spacial score (nSPS) is 11.1. The van der Waals surface area contributed by atoms with E-state index in [1.807, 2.05) is 0 Å². The maximum Gasteiger partial charge on any atom is 0.329 e. The number of carboxylic acid groups (broad SMARTS) is 1. The van der Waals surface area contributed by atoms with Crippen LogP contribution in [0.25, 0.3) is 0 Å². The number of carboxylic acids is 1. The minimum Gasteiger partial charge on any atom is -0.480 e. The van der Waals surface area contributed by atoms with Crippen molar-refractivity contribution in [3.05, 3.63) is 33.7 Å². The quantitative estimate of drug-likeness (QED) is 0.825. The molecular formula is C12H16N2O4. The number of aromatic nitrogens is 1. The van der Waals surface area contributed by atoms with Crippen LogP contribution in [-0.2, 0) is 4.79 Å². The molecule has 1 amide bonds. The molecule has 2 N–H and O–H groups in total. The summed E-state index contributed by atoms with van der Waals surface area (Å²) in [6.07, 6.45) is 1.30. The molecule has 0 fully saturated rings. The van der Waals surface area contributed by atoms with E-state index in [2.05, 4.69) is 4.98 Å². The van der Waals surface area contributed by atoms with Gasteiger partial charge in [0.1, 0.15) is 11.1 Å². The number of aliphatic carboxylic acids is 1. The number of likely N-dealkylation sites (N-methyl/N-ethyl adjacent to an activating group) is 1. The van der Waals surface area contributed by atoms with Gasteiger partial charge in [0.2, 0.25) is 0 Å². The lowest BCUT2D eigenvalue weighted by molar-refractivity contribution is -0.147. The zero-order valence-corrected chi connectivity index (χ0v) is 10.8. The monoisotopic (exact) mass is 252 g/mol. The third-order valence-corrected chi connectivity index (χ3v) is 2.95. The number of nitrogens with one attached hydrogen (secondary N) is 1. The molecule has 1 aromatic rings. The number of rotatable bonds is 3. The average molecular weight is 252 g/mol. The van der Waals surface area contributed by atoms with Gasteiger partial charge in [-0.05, 0) is 20.8 Å². The molecule has 0 spiro atoms. The molecule has 0 bridgehead atoms. The van der Waals surface area contributed by atoms with E-state index in [1.54, 1.807) is 6.92 Å². The number of hydrogen-bond acceptors (Lipinski definition) is 3. The maximum absolute atomic E-state index is 12.1. The van der Waals surface area contributed by atoms with Crippen LogP contribution in [0.4, 0.5) is 0 Å². The SMILES string of the molecule is Cc1cc(=O)c(C(=O)N(C)C(C)(C)C(=O)O)c[nH]1. The zero-order valence-electron chi connectivity index (χ0n) is 10.8. The molecule has 0 saturated heterocycles. The molecular weight excluding hydrogens is 236 g/mol. The number of H-pyrrole nitrogens is 1. The van der Waals surface area contributed by atoms with Crippen molar-refractivity contribution in [3.8, 4) is 0 Å². The standard InChI is InChI=1S/C12H16N2O4/c1-7-5-9(15)8(6-13-7)10(16)14(4)12(2,3)11(17)18/h5-6H,1-4H3,(H,13,15)(H,17,18). The Hall–Kier alpha value is -2.11. The summed E-state index contributed by atoms with van der Waals surface area (Å²) in [6, 6.07) is 1.30. The van der Waals surface area contributed by atoms with Crippen molar-refractivity contribution in [2.75, 3.05) is 7.05 Å². The van der Waals surface area contributed by atoms with Gasteiger partial charge in [-0.2, -0.15) is 0 Å². The molecule has 0 saturated carbocycles. The molecule has 1 rings (SSSR count). The molecule has 0 aliphatic rings. The van der Waals surface area contributed by atoms with Crippen molar-refractivity contribution in [1.29, 1.82) is 0 Å². The van der Waals surface area contributed by atoms with E-state index >= 15 is 0 Å². The topological polar surface area (TPSA) is 90.5 Å². The third kappa shape index (κ3) is 2.42. The fourth-order valence-electron chi connectivity index (χ4n) is 1.32. The highest BCUT2D eigenvalue weighted by Crippen LogP contribution is 2.14. The van der Waals surface area contributed by atoms with Crippen LogP contribution < -0.4 is 5.43 Å². The lowest BCUT2D eigenvalue weighted by atomic mass is 10.0. The van der Waals surface area contributed by atoms with Crippen LogP contribution in [0, 0.1) is 6.92 Å². The number of aromatic amines is 1. The first-order valence-electron chi connectivity index (χ1n) is 5.39. The number of pyridine rings is 1. The molecule has 1 aromatic heterocycles. The van der Waals surface area contributed by atoms with E-state index in [4.69, 9.17) is 5.11 Å². The fourth-order valence-corrected chi connectivity index (χ4v) is 1.32. The Morgan fingerprint density at radius 2 is 1.94 bits per heavy atom. The first-order chi connectivity index (χ1) is 8.17. The van der Waals surface area contributed by atoms with Gasteiger partial charge in [-0.3, -0.25) is 9.59 Å². The van der Waals surface area contributed by atoms with Crippen molar-refractivity contribution in [1.82, 2.24) is 9.88 Å². The van der Waals surface area contributed by atoms with Gasteiger partial charge >= 0.3 is 5.97 Å². The highest BCUT2D eigenvalue weighted by molar-refractivity contribution is 5.97. The van der Waals surface area contributed by atoms with Crippen molar-refractivity contribution in [3.63, 3.8) is 0 Å². The molecule has 1 heterocycles. The van der Waals surface area contributed by atoms with Gasteiger partial charge in [0.05, 0.1) is 0 Å². The van der Waals surface area contributed by atoms with Crippen LogP contribution in [0.3, 0.4) is 0 Å². The highest BCUT2D eigenvalue weighted by atomic mass is 16.4. The van der Waals surface area contributed by atoms with Crippen molar-refractivity contribution in [2.45, 2.75) is 26.3 Å². The number of aryl methyl sites for hydroxylation is 1. The van der Waals surface area contributed by atoms with Crippen LogP contribution in [0.1, 0.15) is 29.9 Å². The van der Waals surface area contributed by atoms with Crippen molar-refractivity contribution < 1.29 is 14.7 Å². The number of carbonyl (C=O) groups excluding carboxylic acids is 1. The molecule has 0 aliphatic carbocycles. The summed E-state index contributed by atoms with van der Waals surface area (Å²) in [4.78, 5) is 38.6. The maximum atomic E-state index is 12.1. The summed E-state index contributed by atoms with van der Waals surface area (Å²) < 4.78 is 0. The highest BCUT2D eigenvalue weighted by Gasteiger charge is 2.36. The lowest BCUT2D eigenvalue weighted by Crippen LogP contribution is -2.51. The predicted octanol–water partition coefficient (Wildman–Crippen LogP) is 0.619. The second kappa shape index (κ2) is 4.64. The number of carbonyl (C=O) groups is 2. The van der Waals surface area contributed by atoms with Gasteiger partial charge in [-0.1, -0.05) is 0 Å². The van der Waals surface area contributed by atoms with Gasteiger partial charge < -0.3 is 15.0 Å². The van der Waals surface area contributed by atoms with E-state index < -0.39 is 22.8 Å². The molecule has 18 heavy (non-hydrogen) atoms. The molecule has 6 nitrogen and oxygen atoms in total. The summed E-state index contributed by atoms with van der Waals surface area (Å²) in [5.74, 6) is -1.76. The smallest absolute Gasteiger partial charge is 0.329 e. The third-order valence-electron chi connectivity index (χ3n) is 2.95. The van der Waals surface area contributed by atoms with E-state index in [1.165, 1.54) is 33.2 Å². The van der Waals surface area contributed by atoms with E-state index in [0.29, 0.717) is 5.69 Å². The Labute approximate surface area is 104 Å². The van der Waals surface area contributed by atoms with Crippen LogP contribution in [0.2, 0.25) is 0 Å². The summed E-state index contributed by atoms with van der Waals surface area (Å²) in [7, 11) is 1.36. The first kappa shape index (κ1) is 14.0. The summed E-state index contributed by atoms with van der Waals surface area (Å²) >= 11 is 0. The van der Waals surface area contributed by atoms with Crippen molar-refractivity contribution >= 4 is 11.9 Å². The van der Waals surface area contributed by atoms with E-state index in [-0.39, 0.29) is 5.56 Å². The lowest BCUT2D eigenvalue weighted by Gasteiger charge is -2.31. The van der Waals surface area contributed by atoms with Crippen molar-refractivity contribution in [2.24, 2.45) is 0 Å². The largest absolute Gasteiger partial charge is 0.480 e. The molecule has 0 aliphatic heterocycles. The zero-order chi connectivity index (χ0) is 14.1. The number of nitrogens with zero attached hydrogens (tertiary/aromatic N) is 1. The minimum absolute atomic E-state index is 0.0718. The fraction of sp³-hybridized carbons (Fsp3) is 0.417. The van der Waals surface area contributed by atoms with Crippen LogP contribution in [0.5, 0.6) is 0 Å². The predicted molar refractivity (Wildman–Crippen MR) is 65.6 cm³/mol. The Morgan fingerprint density at radius 3 is 2.39 bits per heavy atom. The van der Waals surface area contributed by atoms with Gasteiger partial charge in [0.25, 0.3) is 5.91 Å². The molecule has 98 valence electrons. The number of hydrogen-bond donors (Lipinski definition) is 2. The molecule has 0 aromatic carbocycles. The van der Waals surface area contributed by atoms with Gasteiger partial charge in [0.15, 0.2) is 5.43 Å².